The van der Waals surface area contributed by atoms with Crippen molar-refractivity contribution in [1.82, 2.24) is 10.6 Å². The largest absolute Gasteiger partial charge is 0.334 e. The highest BCUT2D eigenvalue weighted by Crippen LogP contribution is 2.55. The molecule has 3 amide bonds. The molecule has 0 radical (unpaired) electrons. The number of quaternary nitrogens is 1. The number of urea groups is 1. The quantitative estimate of drug-likeness (QED) is 0.718. The van der Waals surface area contributed by atoms with Gasteiger partial charge in [-0.3, -0.25) is 10.1 Å². The summed E-state index contributed by atoms with van der Waals surface area (Å²) in [6.07, 6.45) is 12.4. The molecule has 3 atom stereocenters. The molecule has 146 valence electrons. The van der Waals surface area contributed by atoms with Crippen molar-refractivity contribution in [3.63, 3.8) is 0 Å². The zero-order valence-corrected chi connectivity index (χ0v) is 16.4. The number of hydrogen-bond donors (Lipinski definition) is 3. The molecule has 5 nitrogen and oxygen atoms in total. The number of nitrogens with two attached hydrogens (primary N) is 1. The van der Waals surface area contributed by atoms with Gasteiger partial charge in [0.15, 0.2) is 6.04 Å². The predicted octanol–water partition coefficient (Wildman–Crippen LogP) is 2.31. The average Bonchev–Trinajstić information content (AvgIpc) is 2.54. The Labute approximate surface area is 157 Å². The summed E-state index contributed by atoms with van der Waals surface area (Å²) in [5.74, 6) is 2.87. The van der Waals surface area contributed by atoms with Crippen LogP contribution in [0, 0.1) is 23.7 Å². The summed E-state index contributed by atoms with van der Waals surface area (Å²) >= 11 is 0. The van der Waals surface area contributed by atoms with Crippen LogP contribution in [-0.4, -0.2) is 29.6 Å². The number of nitrogens with one attached hydrogen (secondary N) is 2. The lowest BCUT2D eigenvalue weighted by Crippen LogP contribution is -2.98. The van der Waals surface area contributed by atoms with Crippen molar-refractivity contribution in [3.05, 3.63) is 0 Å². The van der Waals surface area contributed by atoms with Gasteiger partial charge < -0.3 is 10.6 Å². The zero-order valence-electron chi connectivity index (χ0n) is 16.4. The van der Waals surface area contributed by atoms with Gasteiger partial charge in [0.2, 0.25) is 0 Å². The summed E-state index contributed by atoms with van der Waals surface area (Å²) < 4.78 is 0. The van der Waals surface area contributed by atoms with Crippen LogP contribution in [-0.2, 0) is 4.79 Å². The lowest BCUT2D eigenvalue weighted by Gasteiger charge is -2.56. The van der Waals surface area contributed by atoms with E-state index in [9.17, 15) is 9.59 Å². The smallest absolute Gasteiger partial charge is 0.322 e. The summed E-state index contributed by atoms with van der Waals surface area (Å²) in [5.41, 5.74) is -0.0377. The van der Waals surface area contributed by atoms with E-state index in [-0.39, 0.29) is 23.5 Å². The van der Waals surface area contributed by atoms with Crippen molar-refractivity contribution in [3.8, 4) is 0 Å². The van der Waals surface area contributed by atoms with Crippen molar-refractivity contribution >= 4 is 11.9 Å². The van der Waals surface area contributed by atoms with Crippen LogP contribution in [0.5, 0.6) is 0 Å². The van der Waals surface area contributed by atoms with Gasteiger partial charge in [0.25, 0.3) is 5.91 Å². The van der Waals surface area contributed by atoms with Gasteiger partial charge in [-0.2, -0.15) is 0 Å². The SMILES string of the molecule is C[C@H]([NH2+][C@H]1CCCC[C@H]1C)C(=O)NC(=O)NC12CC3CC(CC(C3)C1)C2. The highest BCUT2D eigenvalue weighted by atomic mass is 16.2. The van der Waals surface area contributed by atoms with Gasteiger partial charge in [-0.1, -0.05) is 13.3 Å². The fraction of sp³-hybridized carbons (Fsp3) is 0.905. The lowest BCUT2D eigenvalue weighted by atomic mass is 9.53. The molecule has 5 fully saturated rings. The Morgan fingerprint density at radius 3 is 2.15 bits per heavy atom. The minimum absolute atomic E-state index is 0.0377. The van der Waals surface area contributed by atoms with E-state index < -0.39 is 0 Å². The molecular formula is C21H36N3O2+. The van der Waals surface area contributed by atoms with Crippen LogP contribution in [0.15, 0.2) is 0 Å². The number of hydrogen-bond acceptors (Lipinski definition) is 2. The molecule has 0 aromatic carbocycles. The number of carbonyl (C=O) groups is 2. The molecule has 5 aliphatic rings. The van der Waals surface area contributed by atoms with Gasteiger partial charge in [-0.05, 0) is 82.5 Å². The van der Waals surface area contributed by atoms with Gasteiger partial charge >= 0.3 is 6.03 Å². The fourth-order valence-corrected chi connectivity index (χ4v) is 6.85. The molecule has 5 heteroatoms. The van der Waals surface area contributed by atoms with E-state index in [4.69, 9.17) is 0 Å². The first-order valence-corrected chi connectivity index (χ1v) is 10.9. The van der Waals surface area contributed by atoms with Crippen LogP contribution < -0.4 is 16.0 Å². The van der Waals surface area contributed by atoms with Crippen LogP contribution in [0.3, 0.4) is 0 Å². The van der Waals surface area contributed by atoms with Crippen molar-refractivity contribution in [2.45, 2.75) is 95.7 Å². The van der Waals surface area contributed by atoms with Gasteiger partial charge in [0.1, 0.15) is 0 Å². The van der Waals surface area contributed by atoms with Crippen LogP contribution in [0.2, 0.25) is 0 Å². The second-order valence-corrected chi connectivity index (χ2v) is 10.0. The first-order chi connectivity index (χ1) is 12.4. The number of carbonyl (C=O) groups excluding carboxylic acids is 2. The van der Waals surface area contributed by atoms with E-state index in [1.165, 1.54) is 44.9 Å². The first-order valence-electron chi connectivity index (χ1n) is 10.9. The molecule has 5 aliphatic carbocycles. The normalized spacial score (nSPS) is 42.3. The number of rotatable bonds is 4. The average molecular weight is 363 g/mol. The summed E-state index contributed by atoms with van der Waals surface area (Å²) in [5, 5.41) is 8.05. The third kappa shape index (κ3) is 3.78. The molecule has 0 aromatic rings. The predicted molar refractivity (Wildman–Crippen MR) is 100 cm³/mol. The summed E-state index contributed by atoms with van der Waals surface area (Å²) in [4.78, 5) is 25.1. The molecule has 5 saturated carbocycles. The van der Waals surface area contributed by atoms with Crippen molar-refractivity contribution in [2.24, 2.45) is 23.7 Å². The molecule has 0 aliphatic heterocycles. The van der Waals surface area contributed by atoms with Gasteiger partial charge in [-0.25, -0.2) is 4.79 Å². The Hall–Kier alpha value is -1.10. The van der Waals surface area contributed by atoms with E-state index in [0.29, 0.717) is 12.0 Å². The van der Waals surface area contributed by atoms with E-state index in [1.807, 2.05) is 6.92 Å². The number of amides is 3. The maximum Gasteiger partial charge on any atom is 0.322 e. The van der Waals surface area contributed by atoms with Crippen molar-refractivity contribution in [1.29, 1.82) is 0 Å². The van der Waals surface area contributed by atoms with Gasteiger partial charge in [-0.15, -0.1) is 0 Å². The molecule has 26 heavy (non-hydrogen) atoms. The Morgan fingerprint density at radius 2 is 1.58 bits per heavy atom. The van der Waals surface area contributed by atoms with E-state index in [1.54, 1.807) is 0 Å². The lowest BCUT2D eigenvalue weighted by molar-refractivity contribution is -0.714. The molecule has 5 rings (SSSR count). The summed E-state index contributed by atoms with van der Waals surface area (Å²) in [6.45, 7) is 4.21. The zero-order chi connectivity index (χ0) is 18.3. The van der Waals surface area contributed by atoms with Crippen LogP contribution in [0.25, 0.3) is 0 Å². The summed E-state index contributed by atoms with van der Waals surface area (Å²) in [6, 6.07) is 0.0345. The van der Waals surface area contributed by atoms with Crippen LogP contribution in [0.1, 0.15) is 78.1 Å². The Balaban J connectivity index is 1.28. The number of imide groups is 1. The van der Waals surface area contributed by atoms with Gasteiger partial charge in [0, 0.05) is 11.5 Å². The van der Waals surface area contributed by atoms with E-state index in [0.717, 1.165) is 37.0 Å². The summed E-state index contributed by atoms with van der Waals surface area (Å²) in [7, 11) is 0. The molecular weight excluding hydrogens is 326 g/mol. The fourth-order valence-electron chi connectivity index (χ4n) is 6.85. The standard InChI is InChI=1S/C21H35N3O2/c1-13-5-3-4-6-18(13)22-14(2)19(25)23-20(26)24-21-10-15-7-16(11-21)9-17(8-15)12-21/h13-18,22H,3-12H2,1-2H3,(H2,23,24,25,26)/p+1/t13-,14+,15?,16?,17?,18+,21?/m1/s1. The maximum absolute atomic E-state index is 12.5. The molecule has 0 saturated heterocycles. The molecule has 0 heterocycles. The molecule has 4 bridgehead atoms. The van der Waals surface area contributed by atoms with Crippen molar-refractivity contribution < 1.29 is 14.9 Å². The van der Waals surface area contributed by atoms with Crippen LogP contribution in [0.4, 0.5) is 4.79 Å². The highest BCUT2D eigenvalue weighted by molar-refractivity contribution is 5.96. The Kier molecular flexibility index (Phi) is 5.02. The second kappa shape index (κ2) is 7.14. The third-order valence-corrected chi connectivity index (χ3v) is 7.78. The molecule has 0 spiro atoms. The highest BCUT2D eigenvalue weighted by Gasteiger charge is 2.51. The Morgan fingerprint density at radius 1 is 1.00 bits per heavy atom. The van der Waals surface area contributed by atoms with Crippen molar-refractivity contribution in [2.75, 3.05) is 0 Å². The monoisotopic (exact) mass is 362 g/mol. The first kappa shape index (κ1) is 18.3. The molecule has 0 unspecified atom stereocenters. The van der Waals surface area contributed by atoms with E-state index >= 15 is 0 Å². The second-order valence-electron chi connectivity index (χ2n) is 10.0. The minimum Gasteiger partial charge on any atom is -0.334 e. The van der Waals surface area contributed by atoms with Crippen LogP contribution >= 0.6 is 0 Å². The third-order valence-electron chi connectivity index (χ3n) is 7.78. The Bertz CT molecular complexity index is 526. The molecule has 0 aromatic heterocycles. The van der Waals surface area contributed by atoms with E-state index in [2.05, 4.69) is 22.9 Å². The topological polar surface area (TPSA) is 74.8 Å². The molecule has 4 N–H and O–H groups in total. The van der Waals surface area contributed by atoms with Gasteiger partial charge in [0.05, 0.1) is 6.04 Å². The maximum atomic E-state index is 12.5. The minimum atomic E-state index is -0.270.